The fourth-order valence-corrected chi connectivity index (χ4v) is 2.64. The van der Waals surface area contributed by atoms with Crippen molar-refractivity contribution in [3.8, 4) is 11.1 Å². The lowest BCUT2D eigenvalue weighted by Crippen LogP contribution is -1.85. The Morgan fingerprint density at radius 3 is 2.00 bits per heavy atom. The first-order chi connectivity index (χ1) is 11.8. The minimum atomic E-state index is 0.703. The topological polar surface area (TPSA) is 36.2 Å². The SMILES string of the molecule is Cc1ccc(-c2ccc(/C(=C/Cc3ccccc3)N=N)cc2)cc1. The molecule has 2 nitrogen and oxygen atoms in total. The predicted molar refractivity (Wildman–Crippen MR) is 99.9 cm³/mol. The Morgan fingerprint density at radius 1 is 0.833 bits per heavy atom. The summed E-state index contributed by atoms with van der Waals surface area (Å²) in [6.07, 6.45) is 2.78. The van der Waals surface area contributed by atoms with Gasteiger partial charge in [-0.15, -0.1) is 0 Å². The third kappa shape index (κ3) is 3.85. The summed E-state index contributed by atoms with van der Waals surface area (Å²) in [5.74, 6) is 0. The predicted octanol–water partition coefficient (Wildman–Crippen LogP) is 6.28. The van der Waals surface area contributed by atoms with Gasteiger partial charge in [0.25, 0.3) is 0 Å². The van der Waals surface area contributed by atoms with Gasteiger partial charge in [0.1, 0.15) is 0 Å². The molecule has 0 heterocycles. The molecule has 0 unspecified atom stereocenters. The highest BCUT2D eigenvalue weighted by molar-refractivity contribution is 5.70. The molecule has 3 aromatic carbocycles. The lowest BCUT2D eigenvalue weighted by atomic mass is 10.0. The lowest BCUT2D eigenvalue weighted by molar-refractivity contribution is 1.14. The molecule has 118 valence electrons. The van der Waals surface area contributed by atoms with Crippen LogP contribution in [-0.4, -0.2) is 0 Å². The van der Waals surface area contributed by atoms with Crippen LogP contribution in [0.4, 0.5) is 0 Å². The molecule has 24 heavy (non-hydrogen) atoms. The van der Waals surface area contributed by atoms with Crippen LogP contribution in [-0.2, 0) is 6.42 Å². The number of benzene rings is 3. The Labute approximate surface area is 143 Å². The van der Waals surface area contributed by atoms with E-state index in [1.807, 2.05) is 36.4 Å². The Kier molecular flexibility index (Phi) is 4.97. The monoisotopic (exact) mass is 312 g/mol. The molecule has 0 atom stereocenters. The molecule has 2 heteroatoms. The van der Waals surface area contributed by atoms with Crippen LogP contribution in [0, 0.1) is 12.5 Å². The van der Waals surface area contributed by atoms with Crippen LogP contribution in [0.2, 0.25) is 0 Å². The van der Waals surface area contributed by atoms with Crippen molar-refractivity contribution in [1.29, 1.82) is 5.53 Å². The van der Waals surface area contributed by atoms with Gasteiger partial charge in [0, 0.05) is 5.56 Å². The van der Waals surface area contributed by atoms with Crippen LogP contribution >= 0.6 is 0 Å². The largest absolute Gasteiger partial charge is 0.204 e. The number of nitrogens with one attached hydrogen (secondary N) is 1. The standard InChI is InChI=1S/C22H20N2/c1-17-7-10-19(11-8-17)20-12-14-21(15-13-20)22(24-23)16-9-18-5-3-2-4-6-18/h2-8,10-16,23H,9H2,1H3/b22-16-,24-23?. The van der Waals surface area contributed by atoms with Gasteiger partial charge in [-0.2, -0.15) is 5.11 Å². The van der Waals surface area contributed by atoms with Crippen LogP contribution in [0.1, 0.15) is 16.7 Å². The molecule has 1 N–H and O–H groups in total. The fraction of sp³-hybridized carbons (Fsp3) is 0.0909. The molecule has 0 saturated carbocycles. The lowest BCUT2D eigenvalue weighted by Gasteiger charge is -2.05. The highest BCUT2D eigenvalue weighted by Crippen LogP contribution is 2.24. The Morgan fingerprint density at radius 2 is 1.42 bits per heavy atom. The zero-order valence-corrected chi connectivity index (χ0v) is 13.7. The first-order valence-electron chi connectivity index (χ1n) is 8.05. The molecule has 0 bridgehead atoms. The average molecular weight is 312 g/mol. The summed E-state index contributed by atoms with van der Waals surface area (Å²) in [6, 6.07) is 27.0. The normalized spacial score (nSPS) is 11.3. The summed E-state index contributed by atoms with van der Waals surface area (Å²) in [5, 5.41) is 3.70. The Balaban J connectivity index is 1.80. The molecule has 0 fully saturated rings. The molecule has 0 aliphatic heterocycles. The summed E-state index contributed by atoms with van der Waals surface area (Å²) < 4.78 is 0. The number of rotatable bonds is 5. The van der Waals surface area contributed by atoms with E-state index in [2.05, 4.69) is 60.6 Å². The Hall–Kier alpha value is -3.00. The summed E-state index contributed by atoms with van der Waals surface area (Å²) >= 11 is 0. The first-order valence-corrected chi connectivity index (χ1v) is 8.05. The highest BCUT2D eigenvalue weighted by Gasteiger charge is 2.02. The minimum Gasteiger partial charge on any atom is -0.204 e. The number of hydrogen-bond donors (Lipinski definition) is 1. The van der Waals surface area contributed by atoms with E-state index in [9.17, 15) is 0 Å². The van der Waals surface area contributed by atoms with Crippen molar-refractivity contribution in [2.24, 2.45) is 5.11 Å². The van der Waals surface area contributed by atoms with Crippen molar-refractivity contribution in [3.05, 3.63) is 102 Å². The molecule has 0 saturated heterocycles. The van der Waals surface area contributed by atoms with Gasteiger partial charge in [-0.1, -0.05) is 90.5 Å². The van der Waals surface area contributed by atoms with Crippen molar-refractivity contribution in [1.82, 2.24) is 0 Å². The molecule has 0 spiro atoms. The van der Waals surface area contributed by atoms with Crippen LogP contribution in [0.15, 0.2) is 90.1 Å². The quantitative estimate of drug-likeness (QED) is 0.538. The van der Waals surface area contributed by atoms with Gasteiger partial charge in [-0.05, 0) is 30.0 Å². The maximum atomic E-state index is 7.46. The third-order valence-electron chi connectivity index (χ3n) is 4.06. The van der Waals surface area contributed by atoms with Gasteiger partial charge in [-0.3, -0.25) is 0 Å². The molecule has 0 amide bonds. The smallest absolute Gasteiger partial charge is 0.0885 e. The number of aryl methyl sites for hydroxylation is 1. The third-order valence-corrected chi connectivity index (χ3v) is 4.06. The van der Waals surface area contributed by atoms with Gasteiger partial charge >= 0.3 is 0 Å². The van der Waals surface area contributed by atoms with E-state index in [0.717, 1.165) is 12.0 Å². The van der Waals surface area contributed by atoms with Gasteiger partial charge in [0.2, 0.25) is 0 Å². The van der Waals surface area contributed by atoms with E-state index >= 15 is 0 Å². The van der Waals surface area contributed by atoms with Crippen LogP contribution in [0.5, 0.6) is 0 Å². The average Bonchev–Trinajstić information content (AvgIpc) is 2.64. The van der Waals surface area contributed by atoms with Crippen molar-refractivity contribution in [2.75, 3.05) is 0 Å². The van der Waals surface area contributed by atoms with Gasteiger partial charge in [0.15, 0.2) is 0 Å². The van der Waals surface area contributed by atoms with Crippen LogP contribution < -0.4 is 0 Å². The molecule has 0 aliphatic carbocycles. The highest BCUT2D eigenvalue weighted by atomic mass is 15.0. The Bertz CT molecular complexity index is 829. The van der Waals surface area contributed by atoms with Gasteiger partial charge < -0.3 is 0 Å². The van der Waals surface area contributed by atoms with E-state index in [0.29, 0.717) is 5.70 Å². The van der Waals surface area contributed by atoms with E-state index < -0.39 is 0 Å². The second-order valence-corrected chi connectivity index (χ2v) is 5.83. The molecule has 0 aliphatic rings. The minimum absolute atomic E-state index is 0.703. The fourth-order valence-electron chi connectivity index (χ4n) is 2.64. The summed E-state index contributed by atoms with van der Waals surface area (Å²) in [6.45, 7) is 2.09. The maximum absolute atomic E-state index is 7.46. The molecule has 0 radical (unpaired) electrons. The summed E-state index contributed by atoms with van der Waals surface area (Å²) in [5.41, 5.74) is 14.0. The van der Waals surface area contributed by atoms with E-state index in [-0.39, 0.29) is 0 Å². The van der Waals surface area contributed by atoms with Crippen molar-refractivity contribution in [3.63, 3.8) is 0 Å². The van der Waals surface area contributed by atoms with Crippen LogP contribution in [0.3, 0.4) is 0 Å². The number of allylic oxidation sites excluding steroid dienone is 1. The first kappa shape index (κ1) is 15.9. The molecule has 0 aromatic heterocycles. The molecular formula is C22H20N2. The van der Waals surface area contributed by atoms with Gasteiger partial charge in [0.05, 0.1) is 5.70 Å². The number of hydrogen-bond acceptors (Lipinski definition) is 2. The summed E-state index contributed by atoms with van der Waals surface area (Å²) in [7, 11) is 0. The molecule has 3 rings (SSSR count). The van der Waals surface area contributed by atoms with Gasteiger partial charge in [-0.25, -0.2) is 5.53 Å². The molecular weight excluding hydrogens is 292 g/mol. The molecule has 3 aromatic rings. The van der Waals surface area contributed by atoms with Crippen molar-refractivity contribution in [2.45, 2.75) is 13.3 Å². The second-order valence-electron chi connectivity index (χ2n) is 5.83. The maximum Gasteiger partial charge on any atom is 0.0885 e. The second kappa shape index (κ2) is 7.51. The zero-order chi connectivity index (χ0) is 16.8. The zero-order valence-electron chi connectivity index (χ0n) is 13.7. The summed E-state index contributed by atoms with van der Waals surface area (Å²) in [4.78, 5) is 0. The number of nitrogens with zero attached hydrogens (tertiary/aromatic N) is 1. The van der Waals surface area contributed by atoms with E-state index in [4.69, 9.17) is 5.53 Å². The van der Waals surface area contributed by atoms with Crippen molar-refractivity contribution < 1.29 is 0 Å². The van der Waals surface area contributed by atoms with E-state index in [1.54, 1.807) is 0 Å². The van der Waals surface area contributed by atoms with Crippen LogP contribution in [0.25, 0.3) is 16.8 Å². The van der Waals surface area contributed by atoms with E-state index in [1.165, 1.54) is 22.3 Å². The van der Waals surface area contributed by atoms with Crippen molar-refractivity contribution >= 4 is 5.70 Å².